The Hall–Kier alpha value is -2.03. The van der Waals surface area contributed by atoms with Gasteiger partial charge in [-0.25, -0.2) is 0 Å². The maximum atomic E-state index is 11.5. The van der Waals surface area contributed by atoms with Crippen LogP contribution >= 0.6 is 0 Å². The Balaban J connectivity index is 2.99. The van der Waals surface area contributed by atoms with Gasteiger partial charge in [0.1, 0.15) is 5.75 Å². The normalized spacial score (nSPS) is 9.95. The van der Waals surface area contributed by atoms with Crippen molar-refractivity contribution in [3.63, 3.8) is 0 Å². The molecule has 0 bridgehead atoms. The molecule has 0 amide bonds. The fourth-order valence-electron chi connectivity index (χ4n) is 1.82. The molecule has 0 aliphatic rings. The predicted octanol–water partition coefficient (Wildman–Crippen LogP) is 4.81. The summed E-state index contributed by atoms with van der Waals surface area (Å²) in [5.41, 5.74) is 2.58. The van der Waals surface area contributed by atoms with Gasteiger partial charge in [0, 0.05) is 5.56 Å². The Kier molecular flexibility index (Phi) is 6.22. The molecule has 0 spiro atoms. The molecule has 0 atom stereocenters. The van der Waals surface area contributed by atoms with Gasteiger partial charge in [-0.05, 0) is 51.3 Å². The van der Waals surface area contributed by atoms with Crippen molar-refractivity contribution in [2.45, 2.75) is 41.0 Å². The minimum atomic E-state index is 0.00938. The van der Waals surface area contributed by atoms with Crippen LogP contribution < -0.4 is 4.74 Å². The van der Waals surface area contributed by atoms with E-state index in [-0.39, 0.29) is 5.78 Å². The highest BCUT2D eigenvalue weighted by atomic mass is 16.5. The molecule has 21 heavy (non-hydrogen) atoms. The molecule has 1 aromatic rings. The van der Waals surface area contributed by atoms with Crippen molar-refractivity contribution in [2.24, 2.45) is 0 Å². The van der Waals surface area contributed by atoms with E-state index < -0.39 is 0 Å². The summed E-state index contributed by atoms with van der Waals surface area (Å²) in [7, 11) is 0. The third kappa shape index (κ3) is 4.78. The highest BCUT2D eigenvalue weighted by Crippen LogP contribution is 2.25. The second-order valence-corrected chi connectivity index (χ2v) is 5.24. The van der Waals surface area contributed by atoms with E-state index in [1.54, 1.807) is 12.1 Å². The molecule has 0 saturated carbocycles. The first-order chi connectivity index (χ1) is 9.86. The van der Waals surface area contributed by atoms with E-state index in [2.05, 4.69) is 6.58 Å². The summed E-state index contributed by atoms with van der Waals surface area (Å²) in [6, 6.07) is 5.41. The lowest BCUT2D eigenvalue weighted by atomic mass is 10.1. The molecule has 0 aliphatic carbocycles. The molecule has 0 fully saturated rings. The fourth-order valence-corrected chi connectivity index (χ4v) is 1.82. The van der Waals surface area contributed by atoms with Gasteiger partial charge in [0.25, 0.3) is 0 Å². The van der Waals surface area contributed by atoms with Gasteiger partial charge in [-0.1, -0.05) is 25.6 Å². The molecular formula is C18H24O3. The van der Waals surface area contributed by atoms with E-state index >= 15 is 0 Å². The summed E-state index contributed by atoms with van der Waals surface area (Å²) < 4.78 is 11.5. The molecule has 3 nitrogen and oxygen atoms in total. The lowest BCUT2D eigenvalue weighted by Crippen LogP contribution is -2.06. The van der Waals surface area contributed by atoms with Gasteiger partial charge in [0.05, 0.1) is 6.61 Å². The summed E-state index contributed by atoms with van der Waals surface area (Å²) in [6.07, 6.45) is 0.920. The summed E-state index contributed by atoms with van der Waals surface area (Å²) in [5.74, 6) is 1.78. The summed E-state index contributed by atoms with van der Waals surface area (Å²) in [5, 5.41) is 0. The van der Waals surface area contributed by atoms with Crippen LogP contribution in [-0.2, 0) is 4.74 Å². The van der Waals surface area contributed by atoms with Crippen LogP contribution in [0.1, 0.15) is 50.0 Å². The van der Waals surface area contributed by atoms with Crippen LogP contribution in [0, 0.1) is 6.92 Å². The smallest absolute Gasteiger partial charge is 0.162 e. The highest BCUT2D eigenvalue weighted by molar-refractivity contribution is 5.94. The molecule has 0 heterocycles. The number of rotatable bonds is 7. The minimum absolute atomic E-state index is 0.00938. The summed E-state index contributed by atoms with van der Waals surface area (Å²) >= 11 is 0. The largest absolute Gasteiger partial charge is 0.490 e. The molecule has 0 saturated heterocycles. The molecule has 0 aliphatic heterocycles. The van der Waals surface area contributed by atoms with Gasteiger partial charge in [-0.3, -0.25) is 4.79 Å². The van der Waals surface area contributed by atoms with Crippen LogP contribution in [0.15, 0.2) is 41.9 Å². The zero-order valence-corrected chi connectivity index (χ0v) is 13.6. The van der Waals surface area contributed by atoms with E-state index in [4.69, 9.17) is 9.47 Å². The van der Waals surface area contributed by atoms with Crippen LogP contribution in [0.2, 0.25) is 0 Å². The van der Waals surface area contributed by atoms with Crippen LogP contribution in [0.3, 0.4) is 0 Å². The first kappa shape index (κ1) is 17.0. The maximum Gasteiger partial charge on any atom is 0.162 e. The number of carbonyl (C=O) groups excluding carboxylic acids is 1. The number of hydrogen-bond acceptors (Lipinski definition) is 3. The van der Waals surface area contributed by atoms with E-state index in [0.717, 1.165) is 17.6 Å². The topological polar surface area (TPSA) is 35.5 Å². The number of ketones is 1. The van der Waals surface area contributed by atoms with Crippen LogP contribution in [0.25, 0.3) is 0 Å². The van der Waals surface area contributed by atoms with Crippen molar-refractivity contribution < 1.29 is 14.3 Å². The third-order valence-electron chi connectivity index (χ3n) is 2.99. The van der Waals surface area contributed by atoms with Crippen LogP contribution in [-0.4, -0.2) is 12.4 Å². The standard InChI is InChI=1S/C18H24O3/c1-7-10-20-18(12(2)3)15(6)21-17-11-16(14(5)19)9-8-13(17)4/h8-9,11H,6-7,10H2,1-5H3. The average Bonchev–Trinajstić information content (AvgIpc) is 2.41. The molecule has 114 valence electrons. The van der Waals surface area contributed by atoms with Gasteiger partial charge in [0.2, 0.25) is 0 Å². The Morgan fingerprint density at radius 1 is 1.24 bits per heavy atom. The zero-order chi connectivity index (χ0) is 16.0. The summed E-state index contributed by atoms with van der Waals surface area (Å²) in [4.78, 5) is 11.5. The van der Waals surface area contributed by atoms with Gasteiger partial charge in [-0.15, -0.1) is 0 Å². The molecule has 0 unspecified atom stereocenters. The number of aryl methyl sites for hydroxylation is 1. The number of allylic oxidation sites excluding steroid dienone is 1. The fraction of sp³-hybridized carbons (Fsp3) is 0.389. The van der Waals surface area contributed by atoms with Crippen molar-refractivity contribution in [3.8, 4) is 5.75 Å². The Morgan fingerprint density at radius 3 is 2.43 bits per heavy atom. The molecule has 0 radical (unpaired) electrons. The number of hydrogen-bond donors (Lipinski definition) is 0. The highest BCUT2D eigenvalue weighted by Gasteiger charge is 2.12. The van der Waals surface area contributed by atoms with E-state index in [0.29, 0.717) is 29.4 Å². The zero-order valence-electron chi connectivity index (χ0n) is 13.6. The van der Waals surface area contributed by atoms with Crippen molar-refractivity contribution in [1.82, 2.24) is 0 Å². The predicted molar refractivity (Wildman–Crippen MR) is 85.6 cm³/mol. The lowest BCUT2D eigenvalue weighted by Gasteiger charge is -2.16. The Bertz CT molecular complexity index is 564. The summed E-state index contributed by atoms with van der Waals surface area (Å²) in [6.45, 7) is 14.0. The van der Waals surface area contributed by atoms with Gasteiger partial charge in [0.15, 0.2) is 17.3 Å². The van der Waals surface area contributed by atoms with Crippen molar-refractivity contribution >= 4 is 5.78 Å². The van der Waals surface area contributed by atoms with E-state index in [1.807, 2.05) is 33.8 Å². The number of carbonyl (C=O) groups is 1. The Labute approximate surface area is 127 Å². The monoisotopic (exact) mass is 288 g/mol. The molecule has 0 aromatic heterocycles. The maximum absolute atomic E-state index is 11.5. The molecule has 1 rings (SSSR count). The van der Waals surface area contributed by atoms with Crippen LogP contribution in [0.4, 0.5) is 0 Å². The Morgan fingerprint density at radius 2 is 1.90 bits per heavy atom. The number of ether oxygens (including phenoxy) is 2. The quantitative estimate of drug-likeness (QED) is 0.410. The minimum Gasteiger partial charge on any atom is -0.490 e. The van der Waals surface area contributed by atoms with Crippen molar-refractivity contribution in [3.05, 3.63) is 53.0 Å². The molecule has 3 heteroatoms. The van der Waals surface area contributed by atoms with Gasteiger partial charge >= 0.3 is 0 Å². The average molecular weight is 288 g/mol. The molecule has 1 aromatic carbocycles. The van der Waals surface area contributed by atoms with E-state index in [9.17, 15) is 4.79 Å². The number of Topliss-reactive ketones (excluding diaryl/α,β-unsaturated/α-hetero) is 1. The van der Waals surface area contributed by atoms with Crippen molar-refractivity contribution in [2.75, 3.05) is 6.61 Å². The molecular weight excluding hydrogens is 264 g/mol. The van der Waals surface area contributed by atoms with Gasteiger partial charge < -0.3 is 9.47 Å². The lowest BCUT2D eigenvalue weighted by molar-refractivity contribution is 0.101. The number of benzene rings is 1. The second kappa shape index (κ2) is 7.67. The first-order valence-corrected chi connectivity index (χ1v) is 7.15. The first-order valence-electron chi connectivity index (χ1n) is 7.15. The SMILES string of the molecule is C=C(Oc1cc(C(C)=O)ccc1C)C(OCCC)=C(C)C. The van der Waals surface area contributed by atoms with Crippen LogP contribution in [0.5, 0.6) is 5.75 Å². The van der Waals surface area contributed by atoms with Gasteiger partial charge in [-0.2, -0.15) is 0 Å². The third-order valence-corrected chi connectivity index (χ3v) is 2.99. The second-order valence-electron chi connectivity index (χ2n) is 5.24. The van der Waals surface area contributed by atoms with Crippen molar-refractivity contribution in [1.29, 1.82) is 0 Å². The van der Waals surface area contributed by atoms with E-state index in [1.165, 1.54) is 6.92 Å². The molecule has 0 N–H and O–H groups in total.